The van der Waals surface area contributed by atoms with Gasteiger partial charge in [-0.2, -0.15) is 5.10 Å². The second kappa shape index (κ2) is 7.94. The molecule has 130 valence electrons. The fourth-order valence-corrected chi connectivity index (χ4v) is 2.40. The fourth-order valence-electron chi connectivity index (χ4n) is 2.40. The van der Waals surface area contributed by atoms with Gasteiger partial charge in [-0.3, -0.25) is 14.3 Å². The molecule has 0 atom stereocenters. The van der Waals surface area contributed by atoms with Gasteiger partial charge < -0.3 is 11.1 Å². The number of hydrogen-bond acceptors (Lipinski definition) is 3. The van der Waals surface area contributed by atoms with E-state index in [1.54, 1.807) is 36.5 Å². The highest BCUT2D eigenvalue weighted by molar-refractivity contribution is 6.02. The van der Waals surface area contributed by atoms with Crippen molar-refractivity contribution in [2.75, 3.05) is 5.32 Å². The van der Waals surface area contributed by atoms with E-state index < -0.39 is 5.91 Å². The molecule has 3 rings (SSSR count). The number of nitrogens with one attached hydrogen (secondary N) is 1. The first-order chi connectivity index (χ1) is 12.6. The highest BCUT2D eigenvalue weighted by atomic mass is 16.1. The molecule has 0 radical (unpaired) electrons. The first-order valence-electron chi connectivity index (χ1n) is 8.05. The second-order valence-electron chi connectivity index (χ2n) is 5.72. The predicted molar refractivity (Wildman–Crippen MR) is 100 cm³/mol. The number of anilines is 1. The SMILES string of the molecule is NC(=O)c1ccc(NC(=O)/C=C/c2cnn(Cc3ccccc3)c2)cc1. The lowest BCUT2D eigenvalue weighted by Crippen LogP contribution is -2.11. The number of hydrogen-bond donors (Lipinski definition) is 2. The van der Waals surface area contributed by atoms with Crippen LogP contribution in [0.3, 0.4) is 0 Å². The molecule has 0 aliphatic rings. The summed E-state index contributed by atoms with van der Waals surface area (Å²) in [5, 5.41) is 7.01. The van der Waals surface area contributed by atoms with E-state index in [1.165, 1.54) is 6.08 Å². The molecule has 1 heterocycles. The second-order valence-corrected chi connectivity index (χ2v) is 5.72. The van der Waals surface area contributed by atoms with E-state index in [4.69, 9.17) is 5.73 Å². The molecule has 0 fully saturated rings. The minimum absolute atomic E-state index is 0.271. The average molecular weight is 346 g/mol. The zero-order valence-electron chi connectivity index (χ0n) is 14.0. The summed E-state index contributed by atoms with van der Waals surface area (Å²) in [6, 6.07) is 16.4. The van der Waals surface area contributed by atoms with Crippen molar-refractivity contribution in [3.05, 3.63) is 89.8 Å². The third-order valence-corrected chi connectivity index (χ3v) is 3.70. The Morgan fingerprint density at radius 2 is 1.81 bits per heavy atom. The topological polar surface area (TPSA) is 90.0 Å². The third-order valence-electron chi connectivity index (χ3n) is 3.70. The van der Waals surface area contributed by atoms with Gasteiger partial charge in [0.05, 0.1) is 12.7 Å². The Kier molecular flexibility index (Phi) is 5.24. The molecular weight excluding hydrogens is 328 g/mol. The maximum atomic E-state index is 12.0. The van der Waals surface area contributed by atoms with E-state index in [9.17, 15) is 9.59 Å². The molecular formula is C20H18N4O2. The van der Waals surface area contributed by atoms with E-state index in [-0.39, 0.29) is 5.91 Å². The molecule has 0 unspecified atom stereocenters. The summed E-state index contributed by atoms with van der Waals surface area (Å²) in [5.74, 6) is -0.775. The Morgan fingerprint density at radius 1 is 1.08 bits per heavy atom. The van der Waals surface area contributed by atoms with Gasteiger partial charge in [0.15, 0.2) is 0 Å². The predicted octanol–water partition coefficient (Wildman–Crippen LogP) is 2.68. The maximum Gasteiger partial charge on any atom is 0.248 e. The lowest BCUT2D eigenvalue weighted by molar-refractivity contribution is -0.111. The number of benzene rings is 2. The molecule has 6 nitrogen and oxygen atoms in total. The lowest BCUT2D eigenvalue weighted by Gasteiger charge is -2.02. The maximum absolute atomic E-state index is 12.0. The molecule has 2 amide bonds. The molecule has 3 N–H and O–H groups in total. The lowest BCUT2D eigenvalue weighted by atomic mass is 10.2. The van der Waals surface area contributed by atoms with E-state index in [2.05, 4.69) is 10.4 Å². The van der Waals surface area contributed by atoms with Gasteiger partial charge in [-0.05, 0) is 35.9 Å². The molecule has 0 saturated carbocycles. The number of nitrogens with two attached hydrogens (primary N) is 1. The number of nitrogens with zero attached hydrogens (tertiary/aromatic N) is 2. The molecule has 1 aromatic heterocycles. The van der Waals surface area contributed by atoms with Crippen LogP contribution in [0.4, 0.5) is 5.69 Å². The smallest absolute Gasteiger partial charge is 0.248 e. The Hall–Kier alpha value is -3.67. The van der Waals surface area contributed by atoms with Crippen molar-refractivity contribution in [1.29, 1.82) is 0 Å². The van der Waals surface area contributed by atoms with Crippen molar-refractivity contribution in [2.45, 2.75) is 6.54 Å². The number of primary amides is 1. The minimum atomic E-state index is -0.504. The van der Waals surface area contributed by atoms with Crippen molar-refractivity contribution in [1.82, 2.24) is 9.78 Å². The first-order valence-corrected chi connectivity index (χ1v) is 8.05. The number of carbonyl (C=O) groups excluding carboxylic acids is 2. The Balaban J connectivity index is 1.57. The van der Waals surface area contributed by atoms with Gasteiger partial charge >= 0.3 is 0 Å². The van der Waals surface area contributed by atoms with Crippen LogP contribution >= 0.6 is 0 Å². The summed E-state index contributed by atoms with van der Waals surface area (Å²) in [6.07, 6.45) is 6.71. The van der Waals surface area contributed by atoms with Crippen LogP contribution in [0.15, 0.2) is 73.1 Å². The summed E-state index contributed by atoms with van der Waals surface area (Å²) in [5.41, 5.74) is 8.15. The summed E-state index contributed by atoms with van der Waals surface area (Å²) in [7, 11) is 0. The average Bonchev–Trinajstić information content (AvgIpc) is 3.09. The largest absolute Gasteiger partial charge is 0.366 e. The van der Waals surface area contributed by atoms with E-state index in [1.807, 2.05) is 41.2 Å². The van der Waals surface area contributed by atoms with Gasteiger partial charge in [-0.1, -0.05) is 30.3 Å². The number of amides is 2. The van der Waals surface area contributed by atoms with Crippen LogP contribution in [0.25, 0.3) is 6.08 Å². The molecule has 0 saturated heterocycles. The van der Waals surface area contributed by atoms with Crippen LogP contribution in [-0.2, 0) is 11.3 Å². The molecule has 3 aromatic rings. The van der Waals surface area contributed by atoms with Gasteiger partial charge in [-0.25, -0.2) is 0 Å². The Morgan fingerprint density at radius 3 is 2.50 bits per heavy atom. The molecule has 0 spiro atoms. The van der Waals surface area contributed by atoms with Crippen LogP contribution in [-0.4, -0.2) is 21.6 Å². The fraction of sp³-hybridized carbons (Fsp3) is 0.0500. The third kappa shape index (κ3) is 4.67. The Bertz CT molecular complexity index is 928. The van der Waals surface area contributed by atoms with Crippen molar-refractivity contribution in [3.63, 3.8) is 0 Å². The molecule has 6 heteroatoms. The van der Waals surface area contributed by atoms with Gasteiger partial charge in [0.2, 0.25) is 11.8 Å². The zero-order valence-corrected chi connectivity index (χ0v) is 14.0. The summed E-state index contributed by atoms with van der Waals surface area (Å²) in [4.78, 5) is 23.0. The zero-order chi connectivity index (χ0) is 18.4. The first kappa shape index (κ1) is 17.2. The quantitative estimate of drug-likeness (QED) is 0.672. The van der Waals surface area contributed by atoms with Gasteiger partial charge in [0, 0.05) is 29.1 Å². The van der Waals surface area contributed by atoms with Crippen LogP contribution in [0.2, 0.25) is 0 Å². The van der Waals surface area contributed by atoms with Crippen molar-refractivity contribution >= 4 is 23.6 Å². The summed E-state index contributed by atoms with van der Waals surface area (Å²) < 4.78 is 1.81. The molecule has 0 bridgehead atoms. The minimum Gasteiger partial charge on any atom is -0.366 e. The molecule has 26 heavy (non-hydrogen) atoms. The standard InChI is InChI=1S/C20H18N4O2/c21-20(26)17-7-9-18(10-8-17)23-19(25)11-6-16-12-22-24(14-16)13-15-4-2-1-3-5-15/h1-12,14H,13H2,(H2,21,26)(H,23,25)/b11-6+. The van der Waals surface area contributed by atoms with Gasteiger partial charge in [-0.15, -0.1) is 0 Å². The van der Waals surface area contributed by atoms with Crippen molar-refractivity contribution < 1.29 is 9.59 Å². The Labute approximate surface area is 151 Å². The van der Waals surface area contributed by atoms with E-state index in [0.717, 1.165) is 11.1 Å². The number of rotatable bonds is 6. The van der Waals surface area contributed by atoms with Crippen LogP contribution in [0.1, 0.15) is 21.5 Å². The summed E-state index contributed by atoms with van der Waals surface area (Å²) in [6.45, 7) is 0.674. The van der Waals surface area contributed by atoms with Crippen LogP contribution in [0.5, 0.6) is 0 Å². The van der Waals surface area contributed by atoms with Gasteiger partial charge in [0.25, 0.3) is 0 Å². The number of aromatic nitrogens is 2. The van der Waals surface area contributed by atoms with E-state index in [0.29, 0.717) is 17.8 Å². The molecule has 0 aliphatic carbocycles. The van der Waals surface area contributed by atoms with Crippen molar-refractivity contribution in [3.8, 4) is 0 Å². The monoisotopic (exact) mass is 346 g/mol. The molecule has 0 aliphatic heterocycles. The normalized spacial score (nSPS) is 10.8. The number of carbonyl (C=O) groups is 2. The van der Waals surface area contributed by atoms with Crippen LogP contribution < -0.4 is 11.1 Å². The highest BCUT2D eigenvalue weighted by Gasteiger charge is 2.02. The summed E-state index contributed by atoms with van der Waals surface area (Å²) >= 11 is 0. The van der Waals surface area contributed by atoms with Crippen LogP contribution in [0, 0.1) is 0 Å². The molecule has 2 aromatic carbocycles. The van der Waals surface area contributed by atoms with E-state index >= 15 is 0 Å². The van der Waals surface area contributed by atoms with Gasteiger partial charge in [0.1, 0.15) is 0 Å². The van der Waals surface area contributed by atoms with Crippen molar-refractivity contribution in [2.24, 2.45) is 5.73 Å². The highest BCUT2D eigenvalue weighted by Crippen LogP contribution is 2.10.